The van der Waals surface area contributed by atoms with Gasteiger partial charge in [0.25, 0.3) is 5.91 Å². The minimum atomic E-state index is 0.0922. The molecule has 0 aliphatic heterocycles. The molecule has 0 radical (unpaired) electrons. The van der Waals surface area contributed by atoms with Crippen molar-refractivity contribution in [3.8, 4) is 0 Å². The van der Waals surface area contributed by atoms with Gasteiger partial charge in [0, 0.05) is 12.1 Å². The summed E-state index contributed by atoms with van der Waals surface area (Å²) in [5, 5.41) is 3.02. The third kappa shape index (κ3) is 5.50. The molecular formula is C21H29N2O+. The molecular weight excluding hydrogens is 296 g/mol. The lowest BCUT2D eigenvalue weighted by atomic mass is 10.0. The number of quaternary nitrogens is 1. The minimum Gasteiger partial charge on any atom is -0.347 e. The molecule has 0 aromatic heterocycles. The number of hydrogen-bond donors (Lipinski definition) is 2. The van der Waals surface area contributed by atoms with Gasteiger partial charge in [-0.1, -0.05) is 62.4 Å². The number of amides is 1. The van der Waals surface area contributed by atoms with Gasteiger partial charge in [-0.2, -0.15) is 0 Å². The van der Waals surface area contributed by atoms with E-state index in [0.717, 1.165) is 6.54 Å². The zero-order valence-electron chi connectivity index (χ0n) is 15.2. The first kappa shape index (κ1) is 18.2. The van der Waals surface area contributed by atoms with Crippen LogP contribution < -0.4 is 10.2 Å². The van der Waals surface area contributed by atoms with Crippen LogP contribution in [0, 0.1) is 6.92 Å². The van der Waals surface area contributed by atoms with Crippen LogP contribution in [0.15, 0.2) is 48.5 Å². The second kappa shape index (κ2) is 8.65. The lowest BCUT2D eigenvalue weighted by molar-refractivity contribution is -0.885. The first-order valence-corrected chi connectivity index (χ1v) is 8.67. The van der Waals surface area contributed by atoms with Gasteiger partial charge >= 0.3 is 0 Å². The molecule has 1 atom stereocenters. The highest BCUT2D eigenvalue weighted by molar-refractivity contribution is 5.76. The summed E-state index contributed by atoms with van der Waals surface area (Å²) in [6, 6.07) is 16.9. The normalized spacial score (nSPS) is 12.2. The molecule has 3 heteroatoms. The number of benzene rings is 2. The van der Waals surface area contributed by atoms with Crippen LogP contribution in [0.3, 0.4) is 0 Å². The van der Waals surface area contributed by atoms with Crippen molar-refractivity contribution in [1.29, 1.82) is 0 Å². The predicted molar refractivity (Wildman–Crippen MR) is 99.0 cm³/mol. The Morgan fingerprint density at radius 3 is 2.38 bits per heavy atom. The molecule has 2 aromatic carbocycles. The summed E-state index contributed by atoms with van der Waals surface area (Å²) in [5.74, 6) is 0.644. The number of likely N-dealkylation sites (N-methyl/N-ethyl adjacent to an activating group) is 1. The maximum Gasteiger partial charge on any atom is 0.275 e. The van der Waals surface area contributed by atoms with E-state index in [0.29, 0.717) is 19.0 Å². The Morgan fingerprint density at radius 1 is 1.08 bits per heavy atom. The first-order valence-electron chi connectivity index (χ1n) is 8.67. The van der Waals surface area contributed by atoms with Crippen LogP contribution in [-0.2, 0) is 17.9 Å². The Hall–Kier alpha value is -2.13. The molecule has 0 aliphatic carbocycles. The lowest BCUT2D eigenvalue weighted by Gasteiger charge is -2.15. The van der Waals surface area contributed by atoms with Crippen molar-refractivity contribution in [1.82, 2.24) is 5.32 Å². The van der Waals surface area contributed by atoms with E-state index < -0.39 is 0 Å². The second-order valence-electron chi connectivity index (χ2n) is 6.91. The predicted octanol–water partition coefficient (Wildman–Crippen LogP) is 2.45. The van der Waals surface area contributed by atoms with E-state index in [-0.39, 0.29) is 5.91 Å². The highest BCUT2D eigenvalue weighted by atomic mass is 16.2. The van der Waals surface area contributed by atoms with Gasteiger partial charge in [-0.05, 0) is 29.5 Å². The molecule has 0 bridgehead atoms. The Balaban J connectivity index is 1.80. The molecule has 2 rings (SSSR count). The number of carbonyl (C=O) groups excluding carboxylic acids is 1. The molecule has 1 amide bonds. The molecule has 0 fully saturated rings. The summed E-state index contributed by atoms with van der Waals surface area (Å²) < 4.78 is 0. The monoisotopic (exact) mass is 325 g/mol. The molecule has 2 aromatic rings. The number of nitrogens with one attached hydrogen (secondary N) is 2. The summed E-state index contributed by atoms with van der Waals surface area (Å²) >= 11 is 0. The van der Waals surface area contributed by atoms with Crippen LogP contribution >= 0.6 is 0 Å². The van der Waals surface area contributed by atoms with Crippen molar-refractivity contribution >= 4 is 5.91 Å². The van der Waals surface area contributed by atoms with Gasteiger partial charge in [0.15, 0.2) is 6.54 Å². The standard InChI is InChI=1S/C21H28N2O/c1-16(2)19-11-9-18(10-12-19)14-23(4)15-21(24)22-13-20-8-6-5-7-17(20)3/h5-12,16H,13-15H2,1-4H3,(H,22,24)/p+1. The molecule has 0 saturated heterocycles. The number of carbonyl (C=O) groups is 1. The number of rotatable bonds is 7. The van der Waals surface area contributed by atoms with E-state index in [9.17, 15) is 4.79 Å². The Kier molecular flexibility index (Phi) is 6.56. The zero-order chi connectivity index (χ0) is 17.5. The van der Waals surface area contributed by atoms with Crippen LogP contribution in [0.4, 0.5) is 0 Å². The van der Waals surface area contributed by atoms with E-state index in [4.69, 9.17) is 0 Å². The highest BCUT2D eigenvalue weighted by Crippen LogP contribution is 2.14. The van der Waals surface area contributed by atoms with E-state index >= 15 is 0 Å². The van der Waals surface area contributed by atoms with E-state index in [1.165, 1.54) is 27.2 Å². The van der Waals surface area contributed by atoms with Gasteiger partial charge in [-0.3, -0.25) is 4.79 Å². The van der Waals surface area contributed by atoms with Crippen LogP contribution in [0.5, 0.6) is 0 Å². The van der Waals surface area contributed by atoms with Gasteiger partial charge in [-0.25, -0.2) is 0 Å². The summed E-state index contributed by atoms with van der Waals surface area (Å²) in [6.07, 6.45) is 0. The largest absolute Gasteiger partial charge is 0.347 e. The second-order valence-corrected chi connectivity index (χ2v) is 6.91. The molecule has 0 heterocycles. The fourth-order valence-corrected chi connectivity index (χ4v) is 2.77. The Bertz CT molecular complexity index is 662. The van der Waals surface area contributed by atoms with Crippen molar-refractivity contribution in [3.05, 3.63) is 70.8 Å². The van der Waals surface area contributed by atoms with Crippen LogP contribution in [0.25, 0.3) is 0 Å². The fraction of sp³-hybridized carbons (Fsp3) is 0.381. The van der Waals surface area contributed by atoms with Crippen molar-refractivity contribution in [3.63, 3.8) is 0 Å². The Labute approximate surface area is 145 Å². The molecule has 1 unspecified atom stereocenters. The van der Waals surface area contributed by atoms with Crippen LogP contribution in [-0.4, -0.2) is 19.5 Å². The summed E-state index contributed by atoms with van der Waals surface area (Å²) in [4.78, 5) is 13.3. The summed E-state index contributed by atoms with van der Waals surface area (Å²) in [7, 11) is 2.06. The molecule has 0 spiro atoms. The van der Waals surface area contributed by atoms with Crippen molar-refractivity contribution in [2.45, 2.75) is 39.8 Å². The molecule has 3 nitrogen and oxygen atoms in total. The van der Waals surface area contributed by atoms with Crippen molar-refractivity contribution in [2.24, 2.45) is 0 Å². The highest BCUT2D eigenvalue weighted by Gasteiger charge is 2.11. The van der Waals surface area contributed by atoms with Crippen molar-refractivity contribution in [2.75, 3.05) is 13.6 Å². The Morgan fingerprint density at radius 2 is 1.75 bits per heavy atom. The minimum absolute atomic E-state index is 0.0922. The maximum atomic E-state index is 12.1. The lowest BCUT2D eigenvalue weighted by Crippen LogP contribution is -3.08. The smallest absolute Gasteiger partial charge is 0.275 e. The number of aryl methyl sites for hydroxylation is 1. The van der Waals surface area contributed by atoms with E-state index in [1.54, 1.807) is 0 Å². The van der Waals surface area contributed by atoms with Gasteiger partial charge in [0.05, 0.1) is 7.05 Å². The van der Waals surface area contributed by atoms with Gasteiger partial charge in [0.2, 0.25) is 0 Å². The topological polar surface area (TPSA) is 33.5 Å². The average molecular weight is 325 g/mol. The third-order valence-corrected chi connectivity index (χ3v) is 4.35. The molecule has 0 aliphatic rings. The van der Waals surface area contributed by atoms with Gasteiger partial charge < -0.3 is 10.2 Å². The van der Waals surface area contributed by atoms with Crippen molar-refractivity contribution < 1.29 is 9.69 Å². The molecule has 128 valence electrons. The summed E-state index contributed by atoms with van der Waals surface area (Å²) in [6.45, 7) is 8.41. The average Bonchev–Trinajstić information content (AvgIpc) is 2.54. The van der Waals surface area contributed by atoms with E-state index in [1.807, 2.05) is 12.1 Å². The SMILES string of the molecule is Cc1ccccc1CNC(=O)C[NH+](C)Cc1ccc(C(C)C)cc1. The number of hydrogen-bond acceptors (Lipinski definition) is 1. The van der Waals surface area contributed by atoms with Crippen LogP contribution in [0.2, 0.25) is 0 Å². The molecule has 0 saturated carbocycles. The molecule has 2 N–H and O–H groups in total. The third-order valence-electron chi connectivity index (χ3n) is 4.35. The van der Waals surface area contributed by atoms with Gasteiger partial charge in [0.1, 0.15) is 6.54 Å². The molecule has 24 heavy (non-hydrogen) atoms. The summed E-state index contributed by atoms with van der Waals surface area (Å²) in [5.41, 5.74) is 5.01. The van der Waals surface area contributed by atoms with Gasteiger partial charge in [-0.15, -0.1) is 0 Å². The zero-order valence-corrected chi connectivity index (χ0v) is 15.2. The quantitative estimate of drug-likeness (QED) is 0.805. The first-order chi connectivity index (χ1) is 11.5. The van der Waals surface area contributed by atoms with Crippen LogP contribution in [0.1, 0.15) is 42.0 Å². The van der Waals surface area contributed by atoms with E-state index in [2.05, 4.69) is 69.5 Å². The fourth-order valence-electron chi connectivity index (χ4n) is 2.77. The maximum absolute atomic E-state index is 12.1.